The first-order chi connectivity index (χ1) is 10.6. The van der Waals surface area contributed by atoms with Crippen LogP contribution in [0.3, 0.4) is 0 Å². The molecule has 1 aliphatic carbocycles. The minimum atomic E-state index is -0.0759. The number of hydrogen-bond acceptors (Lipinski definition) is 3. The molecule has 1 atom stereocenters. The third-order valence-electron chi connectivity index (χ3n) is 5.37. The molecule has 0 aromatic carbocycles. The van der Waals surface area contributed by atoms with Gasteiger partial charge in [0.2, 0.25) is 5.91 Å². The molecule has 1 aromatic heterocycles. The van der Waals surface area contributed by atoms with Crippen LogP contribution in [-0.4, -0.2) is 39.0 Å². The Morgan fingerprint density at radius 1 is 1.23 bits per heavy atom. The number of carbonyl (C=O) groups excluding carboxylic acids is 1. The van der Waals surface area contributed by atoms with E-state index in [9.17, 15) is 4.79 Å². The fraction of sp³-hybridized carbons (Fsp3) is 0.765. The van der Waals surface area contributed by atoms with Crippen molar-refractivity contribution < 1.29 is 4.79 Å². The predicted molar refractivity (Wildman–Crippen MR) is 86.6 cm³/mol. The van der Waals surface area contributed by atoms with Crippen LogP contribution < -0.4 is 5.32 Å². The molecule has 0 unspecified atom stereocenters. The van der Waals surface area contributed by atoms with Crippen LogP contribution in [0.5, 0.6) is 0 Å². The van der Waals surface area contributed by atoms with Crippen molar-refractivity contribution in [2.75, 3.05) is 6.54 Å². The lowest BCUT2D eigenvalue weighted by Gasteiger charge is -2.33. The van der Waals surface area contributed by atoms with Gasteiger partial charge in [-0.05, 0) is 33.6 Å². The Morgan fingerprint density at radius 2 is 1.95 bits per heavy atom. The van der Waals surface area contributed by atoms with E-state index >= 15 is 0 Å². The number of carbonyl (C=O) groups is 1. The summed E-state index contributed by atoms with van der Waals surface area (Å²) >= 11 is 0. The molecule has 2 aliphatic rings. The van der Waals surface area contributed by atoms with Gasteiger partial charge in [-0.1, -0.05) is 19.3 Å². The van der Waals surface area contributed by atoms with Crippen LogP contribution in [0.1, 0.15) is 56.2 Å². The lowest BCUT2D eigenvalue weighted by Crippen LogP contribution is -2.50. The zero-order valence-corrected chi connectivity index (χ0v) is 14.1. The van der Waals surface area contributed by atoms with Crippen LogP contribution >= 0.6 is 0 Å². The van der Waals surface area contributed by atoms with E-state index in [2.05, 4.69) is 33.6 Å². The summed E-state index contributed by atoms with van der Waals surface area (Å²) in [7, 11) is 0. The zero-order valence-electron chi connectivity index (χ0n) is 14.1. The summed E-state index contributed by atoms with van der Waals surface area (Å²) in [5.74, 6) is 1.28. The second kappa shape index (κ2) is 6.41. The standard InChI is InChI=1S/C17H28N4O/c1-12-13(2)21-10-9-20(11-16(21)18-12)14(3)17(22)19-15-7-5-4-6-8-15/h14-15H,4-11H2,1-3H3,(H,19,22)/t14-/m0/s1. The van der Waals surface area contributed by atoms with Gasteiger partial charge in [-0.3, -0.25) is 9.69 Å². The lowest BCUT2D eigenvalue weighted by molar-refractivity contribution is -0.127. The van der Waals surface area contributed by atoms with Gasteiger partial charge in [0.05, 0.1) is 18.3 Å². The molecule has 0 radical (unpaired) electrons. The summed E-state index contributed by atoms with van der Waals surface area (Å²) < 4.78 is 2.29. The van der Waals surface area contributed by atoms with Gasteiger partial charge in [0.15, 0.2) is 0 Å². The predicted octanol–water partition coefficient (Wildman–Crippen LogP) is 2.15. The van der Waals surface area contributed by atoms with Crippen LogP contribution in [-0.2, 0) is 17.9 Å². The van der Waals surface area contributed by atoms with Gasteiger partial charge < -0.3 is 9.88 Å². The molecule has 0 bridgehead atoms. The maximum Gasteiger partial charge on any atom is 0.237 e. The quantitative estimate of drug-likeness (QED) is 0.931. The van der Waals surface area contributed by atoms with Gasteiger partial charge in [-0.15, -0.1) is 0 Å². The van der Waals surface area contributed by atoms with Crippen LogP contribution in [0.2, 0.25) is 0 Å². The Hall–Kier alpha value is -1.36. The van der Waals surface area contributed by atoms with E-state index < -0.39 is 0 Å². The maximum atomic E-state index is 12.5. The van der Waals surface area contributed by atoms with Crippen molar-refractivity contribution in [1.82, 2.24) is 19.8 Å². The number of imidazole rings is 1. The Bertz CT molecular complexity index is 545. The number of aromatic nitrogens is 2. The highest BCUT2D eigenvalue weighted by atomic mass is 16.2. The van der Waals surface area contributed by atoms with Crippen LogP contribution in [0, 0.1) is 13.8 Å². The van der Waals surface area contributed by atoms with Crippen LogP contribution in [0.4, 0.5) is 0 Å². The molecular formula is C17H28N4O. The van der Waals surface area contributed by atoms with Gasteiger partial charge in [-0.25, -0.2) is 4.98 Å². The van der Waals surface area contributed by atoms with Crippen molar-refractivity contribution in [3.05, 3.63) is 17.2 Å². The molecule has 2 heterocycles. The number of rotatable bonds is 3. The van der Waals surface area contributed by atoms with Crippen molar-refractivity contribution >= 4 is 5.91 Å². The molecule has 1 fully saturated rings. The van der Waals surface area contributed by atoms with Crippen LogP contribution in [0.15, 0.2) is 0 Å². The molecule has 0 saturated heterocycles. The third-order valence-corrected chi connectivity index (χ3v) is 5.37. The van der Waals surface area contributed by atoms with E-state index in [4.69, 9.17) is 0 Å². The van der Waals surface area contributed by atoms with Crippen molar-refractivity contribution in [1.29, 1.82) is 0 Å². The summed E-state index contributed by atoms with van der Waals surface area (Å²) in [6.45, 7) is 8.83. The Kier molecular flexibility index (Phi) is 4.52. The molecular weight excluding hydrogens is 276 g/mol. The molecule has 1 N–H and O–H groups in total. The molecule has 3 rings (SSSR count). The highest BCUT2D eigenvalue weighted by Gasteiger charge is 2.28. The molecule has 22 heavy (non-hydrogen) atoms. The highest BCUT2D eigenvalue weighted by molar-refractivity contribution is 5.81. The molecule has 1 saturated carbocycles. The summed E-state index contributed by atoms with van der Waals surface area (Å²) in [5, 5.41) is 3.25. The van der Waals surface area contributed by atoms with Crippen molar-refractivity contribution in [2.24, 2.45) is 0 Å². The Morgan fingerprint density at radius 3 is 2.68 bits per heavy atom. The molecule has 1 aromatic rings. The second-order valence-corrected chi connectivity index (χ2v) is 6.84. The fourth-order valence-electron chi connectivity index (χ4n) is 3.70. The number of hydrogen-bond donors (Lipinski definition) is 1. The number of amides is 1. The van der Waals surface area contributed by atoms with E-state index in [1.54, 1.807) is 0 Å². The van der Waals surface area contributed by atoms with E-state index in [0.717, 1.165) is 44.0 Å². The molecule has 1 amide bonds. The Balaban J connectivity index is 1.60. The van der Waals surface area contributed by atoms with Gasteiger partial charge in [0.25, 0.3) is 0 Å². The maximum absolute atomic E-state index is 12.5. The van der Waals surface area contributed by atoms with Gasteiger partial charge in [0, 0.05) is 24.8 Å². The normalized spacial score (nSPS) is 21.4. The van der Waals surface area contributed by atoms with E-state index in [0.29, 0.717) is 6.04 Å². The van der Waals surface area contributed by atoms with Gasteiger partial charge >= 0.3 is 0 Å². The highest BCUT2D eigenvalue weighted by Crippen LogP contribution is 2.20. The minimum absolute atomic E-state index is 0.0759. The third kappa shape index (κ3) is 3.05. The first kappa shape index (κ1) is 15.5. The van der Waals surface area contributed by atoms with E-state index in [1.165, 1.54) is 25.0 Å². The fourth-order valence-corrected chi connectivity index (χ4v) is 3.70. The van der Waals surface area contributed by atoms with Gasteiger partial charge in [-0.2, -0.15) is 0 Å². The zero-order chi connectivity index (χ0) is 15.7. The van der Waals surface area contributed by atoms with Crippen molar-refractivity contribution in [3.8, 4) is 0 Å². The first-order valence-electron chi connectivity index (χ1n) is 8.63. The van der Waals surface area contributed by atoms with Crippen molar-refractivity contribution in [3.63, 3.8) is 0 Å². The summed E-state index contributed by atoms with van der Waals surface area (Å²) in [4.78, 5) is 19.4. The molecule has 122 valence electrons. The molecule has 0 spiro atoms. The lowest BCUT2D eigenvalue weighted by atomic mass is 9.95. The summed E-state index contributed by atoms with van der Waals surface area (Å²) in [6, 6.07) is 0.313. The second-order valence-electron chi connectivity index (χ2n) is 6.84. The number of aryl methyl sites for hydroxylation is 1. The first-order valence-corrected chi connectivity index (χ1v) is 8.63. The average molecular weight is 304 g/mol. The topological polar surface area (TPSA) is 50.2 Å². The number of nitrogens with zero attached hydrogens (tertiary/aromatic N) is 3. The summed E-state index contributed by atoms with van der Waals surface area (Å²) in [5.41, 5.74) is 2.37. The monoisotopic (exact) mass is 304 g/mol. The van der Waals surface area contributed by atoms with Crippen molar-refractivity contribution in [2.45, 2.75) is 78.0 Å². The Labute approximate surface area is 133 Å². The number of fused-ring (bicyclic) bond motifs is 1. The SMILES string of the molecule is Cc1nc2n(c1C)CCN([C@@H](C)C(=O)NC1CCCCC1)C2. The number of nitrogens with one attached hydrogen (secondary N) is 1. The molecule has 5 heteroatoms. The molecule has 1 aliphatic heterocycles. The van der Waals surface area contributed by atoms with E-state index in [1.807, 2.05) is 6.92 Å². The van der Waals surface area contributed by atoms with E-state index in [-0.39, 0.29) is 11.9 Å². The van der Waals surface area contributed by atoms with Gasteiger partial charge in [0.1, 0.15) is 5.82 Å². The molecule has 5 nitrogen and oxygen atoms in total. The smallest absolute Gasteiger partial charge is 0.237 e. The minimum Gasteiger partial charge on any atom is -0.352 e. The summed E-state index contributed by atoms with van der Waals surface area (Å²) in [6.07, 6.45) is 6.09. The largest absolute Gasteiger partial charge is 0.352 e. The van der Waals surface area contributed by atoms with Crippen LogP contribution in [0.25, 0.3) is 0 Å². The average Bonchev–Trinajstić information content (AvgIpc) is 2.81.